The maximum absolute atomic E-state index is 5.34. The summed E-state index contributed by atoms with van der Waals surface area (Å²) >= 11 is 0. The molecule has 4 heteroatoms. The summed E-state index contributed by atoms with van der Waals surface area (Å²) in [5.74, 6) is 0. The van der Waals surface area contributed by atoms with Crippen LogP contribution in [0.25, 0.3) is 0 Å². The molecule has 0 atom stereocenters. The Morgan fingerprint density at radius 2 is 1.73 bits per heavy atom. The number of rotatable bonds is 2. The van der Waals surface area contributed by atoms with Crippen molar-refractivity contribution in [1.29, 1.82) is 0 Å². The molecule has 0 radical (unpaired) electrons. The van der Waals surface area contributed by atoms with Crippen molar-refractivity contribution in [2.24, 2.45) is 5.73 Å². The Morgan fingerprint density at radius 1 is 1.18 bits per heavy atom. The van der Waals surface area contributed by atoms with Gasteiger partial charge in [-0.2, -0.15) is 0 Å². The van der Waals surface area contributed by atoms with Gasteiger partial charge in [0.2, 0.25) is 0 Å². The Bertz CT molecular complexity index is 167. The van der Waals surface area contributed by atoms with Crippen LogP contribution in [-0.2, 0) is 6.42 Å². The maximum Gasteiger partial charge on any atom is 0.0270 e. The molecule has 0 spiro atoms. The van der Waals surface area contributed by atoms with E-state index >= 15 is 0 Å². The largest absolute Gasteiger partial charge is 0.330 e. The van der Waals surface area contributed by atoms with E-state index in [9.17, 15) is 0 Å². The highest BCUT2D eigenvalue weighted by molar-refractivity contribution is 5.85. The molecule has 11 heavy (non-hydrogen) atoms. The highest BCUT2D eigenvalue weighted by Crippen LogP contribution is 1.94. The van der Waals surface area contributed by atoms with E-state index in [2.05, 4.69) is 4.98 Å². The third-order valence-electron chi connectivity index (χ3n) is 1.18. The van der Waals surface area contributed by atoms with Crippen LogP contribution in [0.15, 0.2) is 24.5 Å². The average Bonchev–Trinajstić information content (AvgIpc) is 1.91. The van der Waals surface area contributed by atoms with Gasteiger partial charge in [0.1, 0.15) is 0 Å². The molecular weight excluding hydrogens is 183 g/mol. The van der Waals surface area contributed by atoms with Crippen molar-refractivity contribution in [3.63, 3.8) is 0 Å². The monoisotopic (exact) mass is 194 g/mol. The molecule has 0 saturated carbocycles. The summed E-state index contributed by atoms with van der Waals surface area (Å²) in [6, 6.07) is 3.96. The minimum Gasteiger partial charge on any atom is -0.330 e. The molecule has 1 aromatic heterocycles. The lowest BCUT2D eigenvalue weighted by molar-refractivity contribution is 0.964. The number of pyridine rings is 1. The first-order chi connectivity index (χ1) is 4.43. The molecule has 0 amide bonds. The summed E-state index contributed by atoms with van der Waals surface area (Å²) in [6.07, 6.45) is 4.51. The smallest absolute Gasteiger partial charge is 0.0270 e. The third-order valence-corrected chi connectivity index (χ3v) is 1.18. The van der Waals surface area contributed by atoms with E-state index in [0.29, 0.717) is 6.54 Å². The van der Waals surface area contributed by atoms with Gasteiger partial charge >= 0.3 is 0 Å². The van der Waals surface area contributed by atoms with Crippen LogP contribution in [0.3, 0.4) is 0 Å². The van der Waals surface area contributed by atoms with Crippen molar-refractivity contribution in [3.05, 3.63) is 30.1 Å². The van der Waals surface area contributed by atoms with Crippen molar-refractivity contribution >= 4 is 24.8 Å². The summed E-state index contributed by atoms with van der Waals surface area (Å²) in [4.78, 5) is 3.89. The van der Waals surface area contributed by atoms with Gasteiger partial charge in [0.25, 0.3) is 0 Å². The number of halogens is 2. The fourth-order valence-electron chi connectivity index (χ4n) is 0.716. The molecule has 0 aromatic carbocycles. The van der Waals surface area contributed by atoms with Gasteiger partial charge in [0, 0.05) is 12.4 Å². The van der Waals surface area contributed by atoms with Crippen LogP contribution in [0, 0.1) is 0 Å². The fourth-order valence-corrected chi connectivity index (χ4v) is 0.716. The van der Waals surface area contributed by atoms with E-state index in [0.717, 1.165) is 6.42 Å². The first kappa shape index (κ1) is 13.3. The van der Waals surface area contributed by atoms with Gasteiger partial charge in [-0.3, -0.25) is 4.98 Å². The molecular formula is C7H12Cl2N2. The highest BCUT2D eigenvalue weighted by Gasteiger charge is 1.85. The molecule has 2 nitrogen and oxygen atoms in total. The van der Waals surface area contributed by atoms with Gasteiger partial charge in [-0.05, 0) is 30.7 Å². The first-order valence-corrected chi connectivity index (χ1v) is 3.02. The summed E-state index contributed by atoms with van der Waals surface area (Å²) in [5, 5.41) is 0. The molecule has 64 valence electrons. The minimum absolute atomic E-state index is 0. The highest BCUT2D eigenvalue weighted by atomic mass is 35.5. The zero-order valence-corrected chi connectivity index (χ0v) is 7.70. The van der Waals surface area contributed by atoms with Crippen molar-refractivity contribution < 1.29 is 0 Å². The Balaban J connectivity index is 0. The molecule has 0 aliphatic heterocycles. The van der Waals surface area contributed by atoms with Crippen LogP contribution < -0.4 is 5.73 Å². The van der Waals surface area contributed by atoms with Gasteiger partial charge in [-0.15, -0.1) is 24.8 Å². The molecule has 0 saturated heterocycles. The van der Waals surface area contributed by atoms with Crippen LogP contribution in [-0.4, -0.2) is 11.5 Å². The fraction of sp³-hybridized carbons (Fsp3) is 0.286. The Hall–Kier alpha value is -0.310. The Labute approximate surface area is 79.0 Å². The molecule has 0 aliphatic rings. The van der Waals surface area contributed by atoms with Gasteiger partial charge in [-0.1, -0.05) is 0 Å². The minimum atomic E-state index is 0. The van der Waals surface area contributed by atoms with Crippen molar-refractivity contribution in [2.45, 2.75) is 6.42 Å². The second kappa shape index (κ2) is 7.79. The van der Waals surface area contributed by atoms with Crippen LogP contribution in [0.5, 0.6) is 0 Å². The van der Waals surface area contributed by atoms with E-state index in [1.807, 2.05) is 12.1 Å². The average molecular weight is 195 g/mol. The SMILES string of the molecule is Cl.Cl.NCCc1ccncc1. The quantitative estimate of drug-likeness (QED) is 0.775. The normalized spacial score (nSPS) is 7.73. The first-order valence-electron chi connectivity index (χ1n) is 3.02. The van der Waals surface area contributed by atoms with Crippen molar-refractivity contribution in [1.82, 2.24) is 4.98 Å². The van der Waals surface area contributed by atoms with Gasteiger partial charge in [0.05, 0.1) is 0 Å². The standard InChI is InChI=1S/C7H10N2.2ClH/c8-4-1-7-2-5-9-6-3-7;;/h2-3,5-6H,1,4,8H2;2*1H. The van der Waals surface area contributed by atoms with Gasteiger partial charge < -0.3 is 5.73 Å². The number of aromatic nitrogens is 1. The van der Waals surface area contributed by atoms with Crippen LogP contribution in [0.4, 0.5) is 0 Å². The zero-order valence-electron chi connectivity index (χ0n) is 6.06. The molecule has 1 heterocycles. The lowest BCUT2D eigenvalue weighted by Crippen LogP contribution is -2.02. The van der Waals surface area contributed by atoms with Crippen LogP contribution >= 0.6 is 24.8 Å². The second-order valence-corrected chi connectivity index (χ2v) is 1.89. The lowest BCUT2D eigenvalue weighted by atomic mass is 10.2. The molecule has 0 unspecified atom stereocenters. The Morgan fingerprint density at radius 3 is 2.18 bits per heavy atom. The van der Waals surface area contributed by atoms with Gasteiger partial charge in [0.15, 0.2) is 0 Å². The maximum atomic E-state index is 5.34. The summed E-state index contributed by atoms with van der Waals surface area (Å²) < 4.78 is 0. The van der Waals surface area contributed by atoms with E-state index in [1.54, 1.807) is 12.4 Å². The van der Waals surface area contributed by atoms with Crippen LogP contribution in [0.1, 0.15) is 5.56 Å². The number of hydrogen-bond donors (Lipinski definition) is 1. The number of hydrogen-bond acceptors (Lipinski definition) is 2. The van der Waals surface area contributed by atoms with E-state index in [1.165, 1.54) is 5.56 Å². The van der Waals surface area contributed by atoms with Crippen molar-refractivity contribution in [2.75, 3.05) is 6.54 Å². The molecule has 2 N–H and O–H groups in total. The molecule has 0 bridgehead atoms. The third kappa shape index (κ3) is 5.01. The molecule has 1 aromatic rings. The van der Waals surface area contributed by atoms with Crippen LogP contribution in [0.2, 0.25) is 0 Å². The summed E-state index contributed by atoms with van der Waals surface area (Å²) in [6.45, 7) is 0.712. The Kier molecular flexibility index (Phi) is 9.42. The number of nitrogens with zero attached hydrogens (tertiary/aromatic N) is 1. The predicted molar refractivity (Wildman–Crippen MR) is 51.5 cm³/mol. The topological polar surface area (TPSA) is 38.9 Å². The molecule has 0 aliphatic carbocycles. The van der Waals surface area contributed by atoms with Crippen molar-refractivity contribution in [3.8, 4) is 0 Å². The zero-order chi connectivity index (χ0) is 6.53. The van der Waals surface area contributed by atoms with Gasteiger partial charge in [-0.25, -0.2) is 0 Å². The second-order valence-electron chi connectivity index (χ2n) is 1.89. The van der Waals surface area contributed by atoms with E-state index < -0.39 is 0 Å². The van der Waals surface area contributed by atoms with E-state index in [-0.39, 0.29) is 24.8 Å². The molecule has 0 fully saturated rings. The number of nitrogens with two attached hydrogens (primary N) is 1. The summed E-state index contributed by atoms with van der Waals surface area (Å²) in [5.41, 5.74) is 6.60. The predicted octanol–water partition coefficient (Wildman–Crippen LogP) is 1.43. The summed E-state index contributed by atoms with van der Waals surface area (Å²) in [7, 11) is 0. The molecule has 1 rings (SSSR count). The lowest BCUT2D eigenvalue weighted by Gasteiger charge is -1.93. The van der Waals surface area contributed by atoms with E-state index in [4.69, 9.17) is 5.73 Å².